The average molecular weight is 371 g/mol. The zero-order valence-corrected chi connectivity index (χ0v) is 16.2. The van der Waals surface area contributed by atoms with Gasteiger partial charge >= 0.3 is 0 Å². The molecule has 0 bridgehead atoms. The number of hydrogen-bond acceptors (Lipinski definition) is 5. The van der Waals surface area contributed by atoms with E-state index in [2.05, 4.69) is 31.3 Å². The highest BCUT2D eigenvalue weighted by Crippen LogP contribution is 2.27. The van der Waals surface area contributed by atoms with Crippen LogP contribution < -0.4 is 10.5 Å². The fourth-order valence-corrected chi connectivity index (χ4v) is 4.36. The summed E-state index contributed by atoms with van der Waals surface area (Å²) < 4.78 is 2.20. The molecule has 4 heterocycles. The molecule has 0 spiro atoms. The number of aromatic nitrogens is 4. The summed E-state index contributed by atoms with van der Waals surface area (Å²) in [5.74, 6) is 1.08. The van der Waals surface area contributed by atoms with Crippen molar-refractivity contribution in [3.63, 3.8) is 0 Å². The average Bonchev–Trinajstić information content (AvgIpc) is 3.15. The van der Waals surface area contributed by atoms with Crippen LogP contribution in [0.5, 0.6) is 0 Å². The Morgan fingerprint density at radius 1 is 1.19 bits per heavy atom. The highest BCUT2D eigenvalue weighted by atomic mass is 16.1. The van der Waals surface area contributed by atoms with Crippen molar-refractivity contribution in [1.29, 1.82) is 0 Å². The molecule has 2 aromatic rings. The van der Waals surface area contributed by atoms with Crippen molar-refractivity contribution in [3.05, 3.63) is 40.3 Å². The predicted molar refractivity (Wildman–Crippen MR) is 106 cm³/mol. The Morgan fingerprint density at radius 3 is 2.85 bits per heavy atom. The van der Waals surface area contributed by atoms with Crippen LogP contribution in [0.1, 0.15) is 56.3 Å². The van der Waals surface area contributed by atoms with E-state index in [1.165, 1.54) is 25.0 Å². The molecule has 0 aliphatic carbocycles. The highest BCUT2D eigenvalue weighted by molar-refractivity contribution is 5.31. The maximum atomic E-state index is 12.3. The molecular formula is C20H30N6O. The summed E-state index contributed by atoms with van der Waals surface area (Å²) in [6, 6.07) is 1.71. The lowest BCUT2D eigenvalue weighted by Gasteiger charge is -2.33. The number of aromatic amines is 1. The van der Waals surface area contributed by atoms with Gasteiger partial charge in [-0.25, -0.2) is 9.97 Å². The number of piperidine rings is 2. The highest BCUT2D eigenvalue weighted by Gasteiger charge is 2.25. The first kappa shape index (κ1) is 18.2. The van der Waals surface area contributed by atoms with E-state index in [9.17, 15) is 4.79 Å². The molecule has 4 rings (SSSR count). The standard InChI is InChI=1S/C20H30N6O/c1-2-25-15-21-12-17(25)14-24-8-6-7-16(13-24)18-11-19(27)23-20(22-18)26-9-4-3-5-10-26/h11-12,15-16H,2-10,13-14H2,1H3,(H,22,23,27). The molecule has 2 aliphatic rings. The van der Waals surface area contributed by atoms with Gasteiger partial charge in [0, 0.05) is 50.9 Å². The third-order valence-electron chi connectivity index (χ3n) is 5.85. The third-order valence-corrected chi connectivity index (χ3v) is 5.85. The largest absolute Gasteiger partial charge is 0.342 e. The predicted octanol–water partition coefficient (Wildman–Crippen LogP) is 2.36. The van der Waals surface area contributed by atoms with Gasteiger partial charge in [-0.15, -0.1) is 0 Å². The van der Waals surface area contributed by atoms with Crippen LogP contribution in [0.3, 0.4) is 0 Å². The molecule has 0 aromatic carbocycles. The van der Waals surface area contributed by atoms with Crippen molar-refractivity contribution in [1.82, 2.24) is 24.4 Å². The van der Waals surface area contributed by atoms with Gasteiger partial charge in [0.2, 0.25) is 5.95 Å². The molecule has 146 valence electrons. The monoisotopic (exact) mass is 370 g/mol. The maximum absolute atomic E-state index is 12.3. The number of hydrogen-bond donors (Lipinski definition) is 1. The number of nitrogens with one attached hydrogen (secondary N) is 1. The molecule has 7 nitrogen and oxygen atoms in total. The maximum Gasteiger partial charge on any atom is 0.252 e. The Kier molecular flexibility index (Phi) is 5.57. The zero-order valence-electron chi connectivity index (χ0n) is 16.2. The summed E-state index contributed by atoms with van der Waals surface area (Å²) in [6.07, 6.45) is 9.73. The number of imidazole rings is 1. The molecule has 1 N–H and O–H groups in total. The van der Waals surface area contributed by atoms with E-state index < -0.39 is 0 Å². The molecule has 7 heteroatoms. The first-order valence-electron chi connectivity index (χ1n) is 10.3. The summed E-state index contributed by atoms with van der Waals surface area (Å²) >= 11 is 0. The van der Waals surface area contributed by atoms with Crippen molar-refractivity contribution in [2.75, 3.05) is 31.1 Å². The fraction of sp³-hybridized carbons (Fsp3) is 0.650. The van der Waals surface area contributed by atoms with Gasteiger partial charge in [-0.3, -0.25) is 14.7 Å². The number of aryl methyl sites for hydroxylation is 1. The Morgan fingerprint density at radius 2 is 2.04 bits per heavy atom. The quantitative estimate of drug-likeness (QED) is 0.875. The van der Waals surface area contributed by atoms with Crippen LogP contribution in [-0.4, -0.2) is 50.6 Å². The second-order valence-corrected chi connectivity index (χ2v) is 7.79. The van der Waals surface area contributed by atoms with Gasteiger partial charge < -0.3 is 9.47 Å². The van der Waals surface area contributed by atoms with Gasteiger partial charge in [-0.05, 0) is 45.6 Å². The molecule has 0 saturated carbocycles. The van der Waals surface area contributed by atoms with Gasteiger partial charge in [-0.2, -0.15) is 0 Å². The minimum atomic E-state index is -0.0262. The second-order valence-electron chi connectivity index (χ2n) is 7.79. The van der Waals surface area contributed by atoms with Crippen molar-refractivity contribution < 1.29 is 0 Å². The van der Waals surface area contributed by atoms with Crippen LogP contribution in [-0.2, 0) is 13.1 Å². The van der Waals surface area contributed by atoms with Crippen molar-refractivity contribution in [3.8, 4) is 0 Å². The van der Waals surface area contributed by atoms with Crippen LogP contribution in [0.2, 0.25) is 0 Å². The first-order chi connectivity index (χ1) is 13.2. The summed E-state index contributed by atoms with van der Waals surface area (Å²) in [7, 11) is 0. The Labute approximate surface area is 160 Å². The summed E-state index contributed by atoms with van der Waals surface area (Å²) in [5, 5.41) is 0. The molecule has 0 amide bonds. The van der Waals surface area contributed by atoms with E-state index in [-0.39, 0.29) is 5.56 Å². The SMILES string of the molecule is CCn1cncc1CN1CCCC(c2cc(=O)[nH]c(N3CCCCC3)n2)C1. The fourth-order valence-electron chi connectivity index (χ4n) is 4.36. The van der Waals surface area contributed by atoms with Crippen LogP contribution in [0.4, 0.5) is 5.95 Å². The molecule has 0 radical (unpaired) electrons. The van der Waals surface area contributed by atoms with Crippen molar-refractivity contribution in [2.24, 2.45) is 0 Å². The number of anilines is 1. The van der Waals surface area contributed by atoms with E-state index in [0.717, 1.165) is 63.8 Å². The van der Waals surface area contributed by atoms with E-state index in [4.69, 9.17) is 4.98 Å². The number of likely N-dealkylation sites (tertiary alicyclic amines) is 1. The van der Waals surface area contributed by atoms with E-state index in [0.29, 0.717) is 5.92 Å². The molecule has 1 unspecified atom stereocenters. The molecule has 2 aliphatic heterocycles. The van der Waals surface area contributed by atoms with Crippen molar-refractivity contribution in [2.45, 2.75) is 58.0 Å². The number of nitrogens with zero attached hydrogens (tertiary/aromatic N) is 5. The summed E-state index contributed by atoms with van der Waals surface area (Å²) in [5.41, 5.74) is 2.18. The summed E-state index contributed by atoms with van der Waals surface area (Å²) in [6.45, 7) is 8.02. The lowest BCUT2D eigenvalue weighted by molar-refractivity contribution is 0.194. The molecule has 2 aromatic heterocycles. The van der Waals surface area contributed by atoms with Crippen LogP contribution in [0.25, 0.3) is 0 Å². The molecule has 2 fully saturated rings. The van der Waals surface area contributed by atoms with Crippen LogP contribution in [0, 0.1) is 0 Å². The number of H-pyrrole nitrogens is 1. The molecule has 1 atom stereocenters. The molecular weight excluding hydrogens is 340 g/mol. The van der Waals surface area contributed by atoms with Crippen molar-refractivity contribution >= 4 is 5.95 Å². The van der Waals surface area contributed by atoms with Gasteiger partial charge in [-0.1, -0.05) is 0 Å². The van der Waals surface area contributed by atoms with Gasteiger partial charge in [0.1, 0.15) is 0 Å². The van der Waals surface area contributed by atoms with E-state index in [1.54, 1.807) is 6.07 Å². The number of rotatable bonds is 5. The van der Waals surface area contributed by atoms with Gasteiger partial charge in [0.25, 0.3) is 5.56 Å². The Bertz CT molecular complexity index is 807. The van der Waals surface area contributed by atoms with Crippen LogP contribution in [0.15, 0.2) is 23.4 Å². The normalized spacial score (nSPS) is 21.5. The molecule has 2 saturated heterocycles. The third kappa shape index (κ3) is 4.24. The zero-order chi connectivity index (χ0) is 18.6. The lowest BCUT2D eigenvalue weighted by Crippen LogP contribution is -2.36. The topological polar surface area (TPSA) is 70.1 Å². The minimum Gasteiger partial charge on any atom is -0.342 e. The summed E-state index contributed by atoms with van der Waals surface area (Å²) in [4.78, 5) is 29.1. The van der Waals surface area contributed by atoms with E-state index in [1.807, 2.05) is 12.5 Å². The Balaban J connectivity index is 1.49. The first-order valence-corrected chi connectivity index (χ1v) is 10.3. The van der Waals surface area contributed by atoms with Gasteiger partial charge in [0.05, 0.1) is 17.7 Å². The smallest absolute Gasteiger partial charge is 0.252 e. The Hall–Kier alpha value is -2.15. The lowest BCUT2D eigenvalue weighted by atomic mass is 9.94. The van der Waals surface area contributed by atoms with Crippen LogP contribution >= 0.6 is 0 Å². The van der Waals surface area contributed by atoms with Gasteiger partial charge in [0.15, 0.2) is 0 Å². The minimum absolute atomic E-state index is 0.0262. The van der Waals surface area contributed by atoms with E-state index >= 15 is 0 Å². The second kappa shape index (κ2) is 8.25. The molecule has 27 heavy (non-hydrogen) atoms.